The van der Waals surface area contributed by atoms with Crippen LogP contribution in [0.25, 0.3) is 0 Å². The van der Waals surface area contributed by atoms with Crippen LogP contribution in [0.15, 0.2) is 84.0 Å². The van der Waals surface area contributed by atoms with Gasteiger partial charge >= 0.3 is 0 Å². The Balaban J connectivity index is 2.00. The van der Waals surface area contributed by atoms with Crippen LogP contribution in [-0.4, -0.2) is 0 Å². The van der Waals surface area contributed by atoms with Crippen molar-refractivity contribution in [3.8, 4) is 0 Å². The molecule has 1 atom stereocenters. The molecule has 3 rings (SSSR count). The molecule has 0 saturated heterocycles. The standard InChI is InChI=1S/C18H14ClNOS/c19-16-11-9-15(10-12-16)18(14-6-2-1-3-7-14)22-17-8-4-5-13-20(17)21/h1-13,18H/t18-/m0/s1. The maximum atomic E-state index is 11.9. The van der Waals surface area contributed by atoms with Crippen molar-refractivity contribution in [2.45, 2.75) is 10.3 Å². The lowest BCUT2D eigenvalue weighted by molar-refractivity contribution is -0.645. The molecule has 0 saturated carbocycles. The minimum absolute atomic E-state index is 0.0427. The molecule has 0 amide bonds. The van der Waals surface area contributed by atoms with E-state index in [1.807, 2.05) is 54.6 Å². The number of hydrogen-bond acceptors (Lipinski definition) is 2. The summed E-state index contributed by atoms with van der Waals surface area (Å²) in [5, 5.41) is 13.4. The van der Waals surface area contributed by atoms with Gasteiger partial charge in [0.1, 0.15) is 0 Å². The second-order valence-corrected chi connectivity index (χ2v) is 6.39. The maximum Gasteiger partial charge on any atom is 0.252 e. The van der Waals surface area contributed by atoms with E-state index in [1.165, 1.54) is 18.0 Å². The molecule has 110 valence electrons. The Bertz CT molecular complexity index is 747. The number of hydrogen-bond donors (Lipinski definition) is 0. The van der Waals surface area contributed by atoms with Crippen molar-refractivity contribution in [3.05, 3.63) is 100 Å². The van der Waals surface area contributed by atoms with E-state index in [4.69, 9.17) is 11.6 Å². The highest BCUT2D eigenvalue weighted by Crippen LogP contribution is 2.39. The zero-order chi connectivity index (χ0) is 15.4. The van der Waals surface area contributed by atoms with Crippen molar-refractivity contribution in [3.63, 3.8) is 0 Å². The average Bonchev–Trinajstić information content (AvgIpc) is 2.56. The number of benzene rings is 2. The smallest absolute Gasteiger partial charge is 0.252 e. The number of aromatic nitrogens is 1. The molecule has 22 heavy (non-hydrogen) atoms. The fourth-order valence-corrected chi connectivity index (χ4v) is 3.49. The summed E-state index contributed by atoms with van der Waals surface area (Å²) < 4.78 is 0.899. The summed E-state index contributed by atoms with van der Waals surface area (Å²) in [5.41, 5.74) is 2.27. The van der Waals surface area contributed by atoms with Gasteiger partial charge in [0.25, 0.3) is 5.03 Å². The van der Waals surface area contributed by atoms with Gasteiger partial charge in [-0.3, -0.25) is 0 Å². The lowest BCUT2D eigenvalue weighted by Crippen LogP contribution is -2.28. The molecule has 0 fully saturated rings. The zero-order valence-electron chi connectivity index (χ0n) is 11.7. The van der Waals surface area contributed by atoms with Gasteiger partial charge in [0.05, 0.1) is 5.25 Å². The number of thioether (sulfide) groups is 1. The van der Waals surface area contributed by atoms with Crippen molar-refractivity contribution in [1.29, 1.82) is 0 Å². The van der Waals surface area contributed by atoms with E-state index in [2.05, 4.69) is 12.1 Å². The Morgan fingerprint density at radius 3 is 2.14 bits per heavy atom. The molecule has 0 radical (unpaired) electrons. The monoisotopic (exact) mass is 327 g/mol. The molecule has 0 bridgehead atoms. The molecule has 0 unspecified atom stereocenters. The van der Waals surface area contributed by atoms with Crippen molar-refractivity contribution in [1.82, 2.24) is 0 Å². The molecule has 3 aromatic rings. The lowest BCUT2D eigenvalue weighted by Gasteiger charge is -2.17. The van der Waals surface area contributed by atoms with E-state index in [1.54, 1.807) is 6.07 Å². The fraction of sp³-hybridized carbons (Fsp3) is 0.0556. The Morgan fingerprint density at radius 1 is 0.818 bits per heavy atom. The van der Waals surface area contributed by atoms with Gasteiger partial charge in [-0.2, -0.15) is 4.73 Å². The molecule has 1 aromatic heterocycles. The molecule has 2 aromatic carbocycles. The quantitative estimate of drug-likeness (QED) is 0.389. The first-order valence-electron chi connectivity index (χ1n) is 6.89. The molecule has 1 heterocycles. The molecule has 0 aliphatic carbocycles. The Labute approximate surface area is 139 Å². The minimum Gasteiger partial charge on any atom is -0.618 e. The third-order valence-corrected chi connectivity index (χ3v) is 4.89. The van der Waals surface area contributed by atoms with E-state index in [-0.39, 0.29) is 5.25 Å². The fourth-order valence-electron chi connectivity index (χ4n) is 2.22. The molecule has 2 nitrogen and oxygen atoms in total. The van der Waals surface area contributed by atoms with Crippen LogP contribution in [-0.2, 0) is 0 Å². The van der Waals surface area contributed by atoms with Crippen LogP contribution < -0.4 is 4.73 Å². The van der Waals surface area contributed by atoms with Gasteiger partial charge in [0.2, 0.25) is 0 Å². The van der Waals surface area contributed by atoms with Gasteiger partial charge in [0.15, 0.2) is 6.20 Å². The number of halogens is 1. The van der Waals surface area contributed by atoms with E-state index < -0.39 is 0 Å². The molecular weight excluding hydrogens is 314 g/mol. The number of pyridine rings is 1. The first kappa shape index (κ1) is 14.9. The molecular formula is C18H14ClNOS. The van der Waals surface area contributed by atoms with Gasteiger partial charge < -0.3 is 5.21 Å². The van der Waals surface area contributed by atoms with Crippen LogP contribution in [0.4, 0.5) is 0 Å². The largest absolute Gasteiger partial charge is 0.618 e. The SMILES string of the molecule is [O-][n+]1ccccc1S[C@@H](c1ccccc1)c1ccc(Cl)cc1. The summed E-state index contributed by atoms with van der Waals surface area (Å²) in [6.07, 6.45) is 1.52. The van der Waals surface area contributed by atoms with Crippen molar-refractivity contribution in [2.24, 2.45) is 0 Å². The molecule has 0 aliphatic heterocycles. The third kappa shape index (κ3) is 3.43. The molecule has 0 aliphatic rings. The molecule has 0 N–H and O–H groups in total. The van der Waals surface area contributed by atoms with Crippen LogP contribution in [0.1, 0.15) is 16.4 Å². The predicted octanol–water partition coefficient (Wildman–Crippen LogP) is 4.86. The van der Waals surface area contributed by atoms with Crippen LogP contribution in [0.5, 0.6) is 0 Å². The lowest BCUT2D eigenvalue weighted by atomic mass is 10.0. The first-order chi connectivity index (χ1) is 10.7. The minimum atomic E-state index is 0.0427. The van der Waals surface area contributed by atoms with Gasteiger partial charge in [-0.05, 0) is 41.1 Å². The van der Waals surface area contributed by atoms with E-state index in [0.29, 0.717) is 10.0 Å². The normalized spacial score (nSPS) is 12.0. The van der Waals surface area contributed by atoms with Crippen LogP contribution in [0, 0.1) is 5.21 Å². The van der Waals surface area contributed by atoms with Gasteiger partial charge in [-0.1, -0.05) is 54.1 Å². The van der Waals surface area contributed by atoms with Crippen LogP contribution >= 0.6 is 23.4 Å². The third-order valence-electron chi connectivity index (χ3n) is 3.30. The summed E-state index contributed by atoms with van der Waals surface area (Å²) in [6.45, 7) is 0. The highest BCUT2D eigenvalue weighted by molar-refractivity contribution is 7.99. The van der Waals surface area contributed by atoms with Crippen LogP contribution in [0.2, 0.25) is 5.02 Å². The number of rotatable bonds is 4. The second-order valence-electron chi connectivity index (χ2n) is 4.82. The van der Waals surface area contributed by atoms with E-state index in [9.17, 15) is 5.21 Å². The van der Waals surface area contributed by atoms with Crippen LogP contribution in [0.3, 0.4) is 0 Å². The maximum absolute atomic E-state index is 11.9. The highest BCUT2D eigenvalue weighted by atomic mass is 35.5. The van der Waals surface area contributed by atoms with Gasteiger partial charge in [0, 0.05) is 17.2 Å². The number of nitrogens with zero attached hydrogens (tertiary/aromatic N) is 1. The summed E-state index contributed by atoms with van der Waals surface area (Å²) in [6, 6.07) is 23.4. The van der Waals surface area contributed by atoms with Crippen molar-refractivity contribution < 1.29 is 4.73 Å². The molecule has 4 heteroatoms. The average molecular weight is 328 g/mol. The summed E-state index contributed by atoms with van der Waals surface area (Å²) >= 11 is 7.52. The second kappa shape index (κ2) is 6.86. The van der Waals surface area contributed by atoms with Crippen molar-refractivity contribution >= 4 is 23.4 Å². The summed E-state index contributed by atoms with van der Waals surface area (Å²) in [4.78, 5) is 0. The highest BCUT2D eigenvalue weighted by Gasteiger charge is 2.19. The topological polar surface area (TPSA) is 26.9 Å². The Hall–Kier alpha value is -1.97. The predicted molar refractivity (Wildman–Crippen MR) is 91.0 cm³/mol. The van der Waals surface area contributed by atoms with E-state index >= 15 is 0 Å². The zero-order valence-corrected chi connectivity index (χ0v) is 13.3. The van der Waals surface area contributed by atoms with E-state index in [0.717, 1.165) is 15.9 Å². The summed E-state index contributed by atoms with van der Waals surface area (Å²) in [7, 11) is 0. The van der Waals surface area contributed by atoms with Gasteiger partial charge in [-0.25, -0.2) is 0 Å². The molecule has 0 spiro atoms. The Morgan fingerprint density at radius 2 is 1.45 bits per heavy atom. The summed E-state index contributed by atoms with van der Waals surface area (Å²) in [5.74, 6) is 0. The van der Waals surface area contributed by atoms with Gasteiger partial charge in [-0.15, -0.1) is 0 Å². The van der Waals surface area contributed by atoms with Crippen molar-refractivity contribution in [2.75, 3.05) is 0 Å². The first-order valence-corrected chi connectivity index (χ1v) is 8.15. The Kier molecular flexibility index (Phi) is 4.66.